The number of carbonyl (C=O) groups excluding carboxylic acids is 1. The first-order chi connectivity index (χ1) is 6.75. The summed E-state index contributed by atoms with van der Waals surface area (Å²) in [7, 11) is 1.48. The van der Waals surface area contributed by atoms with Gasteiger partial charge in [-0.3, -0.25) is 9.63 Å². The van der Waals surface area contributed by atoms with Crippen LogP contribution in [0.2, 0.25) is 0 Å². The van der Waals surface area contributed by atoms with Crippen LogP contribution < -0.4 is 10.8 Å². The van der Waals surface area contributed by atoms with Gasteiger partial charge < -0.3 is 5.32 Å². The fraction of sp³-hybridized carbons (Fsp3) is 0.900. The van der Waals surface area contributed by atoms with E-state index in [0.29, 0.717) is 0 Å². The lowest BCUT2D eigenvalue weighted by molar-refractivity contribution is -0.144. The highest BCUT2D eigenvalue weighted by atomic mass is 16.6. The Morgan fingerprint density at radius 2 is 2.14 bits per heavy atom. The van der Waals surface area contributed by atoms with Gasteiger partial charge in [-0.05, 0) is 32.4 Å². The molecule has 1 heterocycles. The summed E-state index contributed by atoms with van der Waals surface area (Å²) in [6, 6.07) is 0. The highest BCUT2D eigenvalue weighted by Crippen LogP contribution is 2.34. The molecule has 0 radical (unpaired) electrons. The van der Waals surface area contributed by atoms with Crippen LogP contribution in [0.3, 0.4) is 0 Å². The van der Waals surface area contributed by atoms with Gasteiger partial charge in [-0.2, -0.15) is 0 Å². The van der Waals surface area contributed by atoms with Gasteiger partial charge in [-0.15, -0.1) is 0 Å². The predicted molar refractivity (Wildman–Crippen MR) is 54.6 cm³/mol. The van der Waals surface area contributed by atoms with Crippen molar-refractivity contribution in [3.63, 3.8) is 0 Å². The second-order valence-corrected chi connectivity index (χ2v) is 3.92. The summed E-state index contributed by atoms with van der Waals surface area (Å²) >= 11 is 0. The predicted octanol–water partition coefficient (Wildman–Crippen LogP) is 0.834. The van der Waals surface area contributed by atoms with Crippen molar-refractivity contribution in [2.75, 3.05) is 20.2 Å². The van der Waals surface area contributed by atoms with Gasteiger partial charge in [0.05, 0.1) is 12.5 Å². The van der Waals surface area contributed by atoms with E-state index in [-0.39, 0.29) is 11.3 Å². The molecule has 1 fully saturated rings. The molecule has 0 aromatic heterocycles. The van der Waals surface area contributed by atoms with E-state index in [4.69, 9.17) is 4.84 Å². The molecule has 14 heavy (non-hydrogen) atoms. The van der Waals surface area contributed by atoms with Gasteiger partial charge in [-0.25, -0.2) is 5.48 Å². The molecule has 0 atom stereocenters. The Hall–Kier alpha value is -0.610. The maximum atomic E-state index is 11.8. The molecule has 4 nitrogen and oxygen atoms in total. The van der Waals surface area contributed by atoms with Crippen molar-refractivity contribution in [3.05, 3.63) is 0 Å². The number of carbonyl (C=O) groups is 1. The molecule has 1 aliphatic heterocycles. The summed E-state index contributed by atoms with van der Waals surface area (Å²) in [5.74, 6) is 0.0448. The van der Waals surface area contributed by atoms with Crippen molar-refractivity contribution in [1.82, 2.24) is 10.8 Å². The molecule has 0 aromatic carbocycles. The van der Waals surface area contributed by atoms with Gasteiger partial charge in [0.25, 0.3) is 0 Å². The summed E-state index contributed by atoms with van der Waals surface area (Å²) in [4.78, 5) is 16.6. The van der Waals surface area contributed by atoms with E-state index in [1.54, 1.807) is 0 Å². The number of hydrogen-bond acceptors (Lipinski definition) is 3. The van der Waals surface area contributed by atoms with Crippen LogP contribution in [0, 0.1) is 5.41 Å². The molecule has 0 unspecified atom stereocenters. The first-order valence-corrected chi connectivity index (χ1v) is 5.29. The van der Waals surface area contributed by atoms with Crippen LogP contribution in [0.4, 0.5) is 0 Å². The van der Waals surface area contributed by atoms with Gasteiger partial charge >= 0.3 is 0 Å². The van der Waals surface area contributed by atoms with Crippen LogP contribution in [0.15, 0.2) is 0 Å². The molecule has 1 rings (SSSR count). The quantitative estimate of drug-likeness (QED) is 0.661. The summed E-state index contributed by atoms with van der Waals surface area (Å²) in [6.45, 7) is 3.97. The third-order valence-corrected chi connectivity index (χ3v) is 2.97. The van der Waals surface area contributed by atoms with Gasteiger partial charge in [0.15, 0.2) is 0 Å². The van der Waals surface area contributed by atoms with Crippen molar-refractivity contribution < 1.29 is 9.63 Å². The minimum Gasteiger partial charge on any atom is -0.317 e. The first-order valence-electron chi connectivity index (χ1n) is 5.29. The standard InChI is InChI=1S/C10H20N2O2/c1-3-4-10(9(13)12-14-2)5-7-11-8-6-10/h11H,3-8H2,1-2H3,(H,12,13). The van der Waals surface area contributed by atoms with Gasteiger partial charge in [-0.1, -0.05) is 13.3 Å². The molecule has 0 spiro atoms. The average molecular weight is 200 g/mol. The molecule has 0 aromatic rings. The van der Waals surface area contributed by atoms with E-state index in [0.717, 1.165) is 38.8 Å². The second-order valence-electron chi connectivity index (χ2n) is 3.92. The van der Waals surface area contributed by atoms with Crippen LogP contribution in [0.25, 0.3) is 0 Å². The molecular formula is C10H20N2O2. The minimum atomic E-state index is -0.198. The van der Waals surface area contributed by atoms with Crippen LogP contribution in [0.1, 0.15) is 32.6 Å². The summed E-state index contributed by atoms with van der Waals surface area (Å²) in [6.07, 6.45) is 3.81. The normalized spacial score (nSPS) is 20.4. The molecule has 1 amide bonds. The summed E-state index contributed by atoms with van der Waals surface area (Å²) in [5, 5.41) is 3.27. The Morgan fingerprint density at radius 3 is 2.64 bits per heavy atom. The summed E-state index contributed by atoms with van der Waals surface area (Å²) in [5.41, 5.74) is 2.28. The van der Waals surface area contributed by atoms with Gasteiger partial charge in [0.1, 0.15) is 0 Å². The zero-order valence-corrected chi connectivity index (χ0v) is 9.06. The largest absolute Gasteiger partial charge is 0.317 e. The second kappa shape index (κ2) is 5.32. The van der Waals surface area contributed by atoms with Crippen molar-refractivity contribution in [2.24, 2.45) is 5.41 Å². The van der Waals surface area contributed by atoms with Crippen molar-refractivity contribution in [3.8, 4) is 0 Å². The fourth-order valence-electron chi connectivity index (χ4n) is 2.18. The Kier molecular flexibility index (Phi) is 4.35. The van der Waals surface area contributed by atoms with Crippen molar-refractivity contribution >= 4 is 5.91 Å². The number of hydrogen-bond donors (Lipinski definition) is 2. The summed E-state index contributed by atoms with van der Waals surface area (Å²) < 4.78 is 0. The number of amides is 1. The van der Waals surface area contributed by atoms with Crippen LogP contribution in [0.5, 0.6) is 0 Å². The third kappa shape index (κ3) is 2.45. The van der Waals surface area contributed by atoms with E-state index in [2.05, 4.69) is 17.7 Å². The van der Waals surface area contributed by atoms with E-state index in [1.165, 1.54) is 7.11 Å². The van der Waals surface area contributed by atoms with Crippen LogP contribution in [-0.4, -0.2) is 26.1 Å². The highest BCUT2D eigenvalue weighted by molar-refractivity contribution is 5.81. The van der Waals surface area contributed by atoms with Crippen molar-refractivity contribution in [2.45, 2.75) is 32.6 Å². The van der Waals surface area contributed by atoms with Crippen LogP contribution in [-0.2, 0) is 9.63 Å². The zero-order chi connectivity index (χ0) is 10.4. The van der Waals surface area contributed by atoms with E-state index in [1.807, 2.05) is 0 Å². The topological polar surface area (TPSA) is 50.4 Å². The number of piperidine rings is 1. The third-order valence-electron chi connectivity index (χ3n) is 2.97. The maximum Gasteiger partial charge on any atom is 0.249 e. The molecule has 82 valence electrons. The molecule has 0 saturated carbocycles. The lowest BCUT2D eigenvalue weighted by Gasteiger charge is -2.35. The lowest BCUT2D eigenvalue weighted by atomic mass is 9.75. The number of nitrogens with one attached hydrogen (secondary N) is 2. The molecule has 1 aliphatic rings. The molecule has 0 aliphatic carbocycles. The smallest absolute Gasteiger partial charge is 0.249 e. The Balaban J connectivity index is 2.63. The zero-order valence-electron chi connectivity index (χ0n) is 9.06. The monoisotopic (exact) mass is 200 g/mol. The Labute approximate surface area is 85.3 Å². The molecule has 1 saturated heterocycles. The average Bonchev–Trinajstić information content (AvgIpc) is 2.20. The maximum absolute atomic E-state index is 11.8. The van der Waals surface area contributed by atoms with Crippen LogP contribution >= 0.6 is 0 Å². The van der Waals surface area contributed by atoms with E-state index in [9.17, 15) is 4.79 Å². The lowest BCUT2D eigenvalue weighted by Crippen LogP contribution is -2.47. The Bertz CT molecular complexity index is 183. The SMILES string of the molecule is CCCC1(C(=O)NOC)CCNCC1. The van der Waals surface area contributed by atoms with E-state index < -0.39 is 0 Å². The molecule has 0 bridgehead atoms. The molecule has 2 N–H and O–H groups in total. The van der Waals surface area contributed by atoms with Crippen molar-refractivity contribution in [1.29, 1.82) is 0 Å². The number of rotatable bonds is 4. The van der Waals surface area contributed by atoms with Gasteiger partial charge in [0.2, 0.25) is 5.91 Å². The molecular weight excluding hydrogens is 180 g/mol. The number of hydroxylamine groups is 1. The highest BCUT2D eigenvalue weighted by Gasteiger charge is 2.38. The van der Waals surface area contributed by atoms with E-state index >= 15 is 0 Å². The molecule has 4 heteroatoms. The fourth-order valence-corrected chi connectivity index (χ4v) is 2.18. The van der Waals surface area contributed by atoms with Gasteiger partial charge in [0, 0.05) is 0 Å². The minimum absolute atomic E-state index is 0.0448. The first kappa shape index (κ1) is 11.5. The Morgan fingerprint density at radius 1 is 1.50 bits per heavy atom.